The van der Waals surface area contributed by atoms with E-state index >= 15 is 0 Å². The first-order valence-corrected chi connectivity index (χ1v) is 13.0. The Bertz CT molecular complexity index is 1200. The molecule has 0 aliphatic heterocycles. The first-order valence-electron chi connectivity index (χ1n) is 13.0. The fraction of sp³-hybridized carbons (Fsp3) is 0.344. The molecule has 2 N–H and O–H groups in total. The van der Waals surface area contributed by atoms with Crippen LogP contribution in [0.5, 0.6) is 5.75 Å². The minimum atomic E-state index is -0.590. The third kappa shape index (κ3) is 12.0. The van der Waals surface area contributed by atoms with Crippen LogP contribution < -0.4 is 0 Å². The first-order chi connectivity index (χ1) is 18.6. The van der Waals surface area contributed by atoms with Gasteiger partial charge in [-0.05, 0) is 62.4 Å². The molecule has 0 spiro atoms. The van der Waals surface area contributed by atoms with E-state index in [0.717, 1.165) is 31.2 Å². The van der Waals surface area contributed by atoms with Gasteiger partial charge in [-0.1, -0.05) is 74.4 Å². The molecule has 7 nitrogen and oxygen atoms in total. The van der Waals surface area contributed by atoms with E-state index in [-0.39, 0.29) is 23.9 Å². The Morgan fingerprint density at radius 2 is 1.54 bits per heavy atom. The number of para-hydroxylation sites is 2. The highest BCUT2D eigenvalue weighted by Gasteiger charge is 2.13. The molecular formula is C32H39NO6. The molecule has 0 bridgehead atoms. The minimum absolute atomic E-state index is 0.0643. The molecule has 0 aromatic heterocycles. The highest BCUT2D eigenvalue weighted by molar-refractivity contribution is 5.95. The maximum absolute atomic E-state index is 11.7. The molecule has 0 saturated heterocycles. The Hall–Kier alpha value is -3.97. The van der Waals surface area contributed by atoms with Gasteiger partial charge in [0, 0.05) is 6.21 Å². The predicted molar refractivity (Wildman–Crippen MR) is 154 cm³/mol. The number of benzene rings is 3. The van der Waals surface area contributed by atoms with E-state index in [9.17, 15) is 19.8 Å². The van der Waals surface area contributed by atoms with Crippen molar-refractivity contribution in [3.8, 4) is 5.75 Å². The van der Waals surface area contributed by atoms with Crippen molar-refractivity contribution >= 4 is 23.8 Å². The van der Waals surface area contributed by atoms with Crippen molar-refractivity contribution in [1.29, 1.82) is 0 Å². The van der Waals surface area contributed by atoms with Crippen molar-refractivity contribution in [2.45, 2.75) is 58.7 Å². The molecule has 3 aromatic carbocycles. The molecular weight excluding hydrogens is 494 g/mol. The van der Waals surface area contributed by atoms with Gasteiger partial charge in [-0.3, -0.25) is 4.99 Å². The van der Waals surface area contributed by atoms with Gasteiger partial charge in [-0.25, -0.2) is 9.59 Å². The fourth-order valence-electron chi connectivity index (χ4n) is 3.65. The van der Waals surface area contributed by atoms with Crippen LogP contribution in [0, 0.1) is 5.92 Å². The summed E-state index contributed by atoms with van der Waals surface area (Å²) in [4.78, 5) is 27.7. The number of esters is 2. The Labute approximate surface area is 231 Å². The van der Waals surface area contributed by atoms with Crippen molar-refractivity contribution in [2.75, 3.05) is 7.11 Å². The molecule has 0 amide bonds. The van der Waals surface area contributed by atoms with Gasteiger partial charge < -0.3 is 19.7 Å². The van der Waals surface area contributed by atoms with Crippen LogP contribution in [0.1, 0.15) is 72.7 Å². The molecule has 7 heteroatoms. The monoisotopic (exact) mass is 533 g/mol. The topological polar surface area (TPSA) is 105 Å². The zero-order valence-electron chi connectivity index (χ0n) is 23.2. The van der Waals surface area contributed by atoms with Gasteiger partial charge in [0.25, 0.3) is 0 Å². The van der Waals surface area contributed by atoms with E-state index < -0.39 is 11.6 Å². The number of phenols is 1. The number of aliphatic imine (C=N–C) groups is 1. The molecule has 0 heterocycles. The van der Waals surface area contributed by atoms with Crippen LogP contribution in [0.2, 0.25) is 0 Å². The standard InChI is InChI=1S/C18H27NO3.C14H12O3/c1-14(8-7-12-18(2,3)21)11-13-19-16-10-6-5-9-15(16)17(20)22-4;15-13-9-5-4-8-12(13)14(16)17-10-11-6-2-1-3-7-11/h5-6,9-10,13-14,21H,7-8,11-12H2,1-4H3;1-9,15H,10H2. The number of carbonyl (C=O) groups is 2. The number of nitrogens with zero attached hydrogens (tertiary/aromatic N) is 1. The highest BCUT2D eigenvalue weighted by Crippen LogP contribution is 2.21. The summed E-state index contributed by atoms with van der Waals surface area (Å²) >= 11 is 0. The van der Waals surface area contributed by atoms with Crippen LogP contribution in [0.4, 0.5) is 5.69 Å². The second-order valence-corrected chi connectivity index (χ2v) is 9.94. The summed E-state index contributed by atoms with van der Waals surface area (Å²) in [5.74, 6) is -0.458. The number of aromatic hydroxyl groups is 1. The maximum atomic E-state index is 11.7. The average Bonchev–Trinajstić information content (AvgIpc) is 2.92. The Kier molecular flexibility index (Phi) is 12.9. The number of carbonyl (C=O) groups excluding carboxylic acids is 2. The summed E-state index contributed by atoms with van der Waals surface area (Å²) in [6.45, 7) is 6.04. The van der Waals surface area contributed by atoms with Gasteiger partial charge in [0.1, 0.15) is 17.9 Å². The zero-order valence-corrected chi connectivity index (χ0v) is 23.2. The van der Waals surface area contributed by atoms with Crippen LogP contribution in [0.25, 0.3) is 0 Å². The second kappa shape index (κ2) is 16.1. The number of rotatable bonds is 11. The smallest absolute Gasteiger partial charge is 0.342 e. The van der Waals surface area contributed by atoms with Gasteiger partial charge in [0.05, 0.1) is 24.0 Å². The number of methoxy groups -OCH3 is 1. The Balaban J connectivity index is 0.000000282. The number of aliphatic hydroxyl groups is 1. The minimum Gasteiger partial charge on any atom is -0.507 e. The molecule has 0 aliphatic carbocycles. The van der Waals surface area contributed by atoms with Crippen LogP contribution in [-0.4, -0.2) is 41.1 Å². The number of hydrogen-bond acceptors (Lipinski definition) is 7. The van der Waals surface area contributed by atoms with Crippen molar-refractivity contribution in [1.82, 2.24) is 0 Å². The first kappa shape index (κ1) is 31.2. The molecule has 1 unspecified atom stereocenters. The van der Waals surface area contributed by atoms with E-state index in [1.807, 2.05) is 62.5 Å². The van der Waals surface area contributed by atoms with Crippen molar-refractivity contribution < 1.29 is 29.3 Å². The molecule has 3 rings (SSSR count). The van der Waals surface area contributed by atoms with Crippen molar-refractivity contribution in [3.05, 3.63) is 95.6 Å². The van der Waals surface area contributed by atoms with E-state index in [0.29, 0.717) is 17.2 Å². The summed E-state index contributed by atoms with van der Waals surface area (Å²) in [5, 5.41) is 19.2. The van der Waals surface area contributed by atoms with E-state index in [4.69, 9.17) is 9.47 Å². The number of hydrogen-bond donors (Lipinski definition) is 2. The molecule has 0 fully saturated rings. The third-order valence-corrected chi connectivity index (χ3v) is 5.87. The SMILES string of the molecule is COC(=O)c1ccccc1N=CCC(C)CCCC(C)(C)O.O=C(OCc1ccccc1)c1ccccc1O. The largest absolute Gasteiger partial charge is 0.507 e. The fourth-order valence-corrected chi connectivity index (χ4v) is 3.65. The van der Waals surface area contributed by atoms with Crippen molar-refractivity contribution in [3.63, 3.8) is 0 Å². The number of phenolic OH excluding ortho intramolecular Hbond substituents is 1. The normalized spacial score (nSPS) is 11.8. The van der Waals surface area contributed by atoms with Gasteiger partial charge in [-0.15, -0.1) is 0 Å². The second-order valence-electron chi connectivity index (χ2n) is 9.94. The summed E-state index contributed by atoms with van der Waals surface area (Å²) in [5.41, 5.74) is 1.63. The maximum Gasteiger partial charge on any atom is 0.342 e. The molecule has 0 aliphatic rings. The average molecular weight is 534 g/mol. The molecule has 208 valence electrons. The van der Waals surface area contributed by atoms with Crippen LogP contribution in [0.15, 0.2) is 83.9 Å². The van der Waals surface area contributed by atoms with Gasteiger partial charge in [-0.2, -0.15) is 0 Å². The number of ether oxygens (including phenoxy) is 2. The molecule has 39 heavy (non-hydrogen) atoms. The van der Waals surface area contributed by atoms with Crippen LogP contribution in [0.3, 0.4) is 0 Å². The van der Waals surface area contributed by atoms with E-state index in [2.05, 4.69) is 11.9 Å². The Morgan fingerprint density at radius 3 is 2.18 bits per heavy atom. The Morgan fingerprint density at radius 1 is 0.923 bits per heavy atom. The van der Waals surface area contributed by atoms with Gasteiger partial charge in [0.15, 0.2) is 0 Å². The predicted octanol–water partition coefficient (Wildman–Crippen LogP) is 6.89. The van der Waals surface area contributed by atoms with Gasteiger partial charge >= 0.3 is 11.9 Å². The lowest BCUT2D eigenvalue weighted by molar-refractivity contribution is 0.0468. The molecule has 1 atom stereocenters. The van der Waals surface area contributed by atoms with Gasteiger partial charge in [0.2, 0.25) is 0 Å². The lowest BCUT2D eigenvalue weighted by Crippen LogP contribution is -2.18. The lowest BCUT2D eigenvalue weighted by Gasteiger charge is -2.17. The molecule has 0 saturated carbocycles. The molecule has 3 aromatic rings. The summed E-state index contributed by atoms with van der Waals surface area (Å²) in [6, 6.07) is 22.9. The summed E-state index contributed by atoms with van der Waals surface area (Å²) in [7, 11) is 1.37. The van der Waals surface area contributed by atoms with Crippen molar-refractivity contribution in [2.24, 2.45) is 10.9 Å². The quantitative estimate of drug-likeness (QED) is 0.205. The van der Waals surface area contributed by atoms with Crippen LogP contribution >= 0.6 is 0 Å². The highest BCUT2D eigenvalue weighted by atomic mass is 16.5. The summed E-state index contributed by atoms with van der Waals surface area (Å²) < 4.78 is 9.85. The zero-order chi connectivity index (χ0) is 28.7. The van der Waals surface area contributed by atoms with E-state index in [1.165, 1.54) is 19.2 Å². The molecule has 0 radical (unpaired) electrons. The summed E-state index contributed by atoms with van der Waals surface area (Å²) in [6.07, 6.45) is 5.56. The van der Waals surface area contributed by atoms with Crippen LogP contribution in [-0.2, 0) is 16.1 Å². The lowest BCUT2D eigenvalue weighted by atomic mass is 9.95. The third-order valence-electron chi connectivity index (χ3n) is 5.87. The van der Waals surface area contributed by atoms with E-state index in [1.54, 1.807) is 24.3 Å².